The lowest BCUT2D eigenvalue weighted by Gasteiger charge is -2.31. The van der Waals surface area contributed by atoms with Crippen LogP contribution in [0.15, 0.2) is 83.8 Å². The molecule has 0 unspecified atom stereocenters. The van der Waals surface area contributed by atoms with Gasteiger partial charge in [0.1, 0.15) is 0 Å². The van der Waals surface area contributed by atoms with Crippen molar-refractivity contribution in [2.75, 3.05) is 0 Å². The molecule has 0 heterocycles. The third-order valence-corrected chi connectivity index (χ3v) is 7.06. The van der Waals surface area contributed by atoms with E-state index in [9.17, 15) is 18.5 Å². The molecular formula is C24H20N2O3S. The lowest BCUT2D eigenvalue weighted by atomic mass is 9.73. The highest BCUT2D eigenvalue weighted by Crippen LogP contribution is 2.51. The number of benzene rings is 3. The van der Waals surface area contributed by atoms with Gasteiger partial charge >= 0.3 is 0 Å². The second kappa shape index (κ2) is 7.43. The Kier molecular flexibility index (Phi) is 4.92. The van der Waals surface area contributed by atoms with E-state index in [0.29, 0.717) is 12.0 Å². The van der Waals surface area contributed by atoms with Gasteiger partial charge in [0.15, 0.2) is 0 Å². The fourth-order valence-electron chi connectivity index (χ4n) is 4.24. The number of nitrogens with zero attached hydrogens (tertiary/aromatic N) is 1. The number of nitriles is 1. The fourth-order valence-corrected chi connectivity index (χ4v) is 5.35. The zero-order valence-electron chi connectivity index (χ0n) is 16.4. The maximum absolute atomic E-state index is 13.4. The Morgan fingerprint density at radius 2 is 1.67 bits per heavy atom. The Bertz CT molecular complexity index is 1250. The summed E-state index contributed by atoms with van der Waals surface area (Å²) in [5.74, 6) is -0.928. The molecule has 0 bridgehead atoms. The summed E-state index contributed by atoms with van der Waals surface area (Å²) in [6.45, 7) is 1.78. The lowest BCUT2D eigenvalue weighted by Crippen LogP contribution is -2.44. The van der Waals surface area contributed by atoms with Gasteiger partial charge in [0, 0.05) is 5.92 Å². The Morgan fingerprint density at radius 1 is 1.03 bits per heavy atom. The van der Waals surface area contributed by atoms with Crippen molar-refractivity contribution in [2.24, 2.45) is 5.41 Å². The van der Waals surface area contributed by atoms with Gasteiger partial charge in [0.05, 0.1) is 21.9 Å². The summed E-state index contributed by atoms with van der Waals surface area (Å²) < 4.78 is 27.9. The summed E-state index contributed by atoms with van der Waals surface area (Å²) in [5.41, 5.74) is 2.21. The fraction of sp³-hybridized carbons (Fsp3) is 0.167. The first-order valence-corrected chi connectivity index (χ1v) is 11.0. The van der Waals surface area contributed by atoms with Gasteiger partial charge in [-0.25, -0.2) is 13.1 Å². The average Bonchev–Trinajstić information content (AvgIpc) is 3.07. The molecule has 3 aromatic carbocycles. The van der Waals surface area contributed by atoms with Crippen LogP contribution >= 0.6 is 0 Å². The van der Waals surface area contributed by atoms with Crippen LogP contribution in [0.1, 0.15) is 35.1 Å². The van der Waals surface area contributed by atoms with Crippen molar-refractivity contribution >= 4 is 15.9 Å². The highest BCUT2D eigenvalue weighted by Gasteiger charge is 2.49. The molecule has 2 atom stereocenters. The first-order chi connectivity index (χ1) is 14.3. The van der Waals surface area contributed by atoms with E-state index < -0.39 is 21.3 Å². The molecule has 0 radical (unpaired) electrons. The van der Waals surface area contributed by atoms with Gasteiger partial charge in [-0.15, -0.1) is 0 Å². The van der Waals surface area contributed by atoms with Crippen molar-refractivity contribution in [1.29, 1.82) is 5.26 Å². The number of carbonyl (C=O) groups is 1. The van der Waals surface area contributed by atoms with Crippen molar-refractivity contribution in [1.82, 2.24) is 4.72 Å². The van der Waals surface area contributed by atoms with E-state index in [2.05, 4.69) is 10.8 Å². The third kappa shape index (κ3) is 3.38. The van der Waals surface area contributed by atoms with Crippen LogP contribution in [0.3, 0.4) is 0 Å². The highest BCUT2D eigenvalue weighted by molar-refractivity contribution is 7.90. The SMILES string of the molecule is C[C@]1(C(=O)NS(=O)(=O)c2ccccc2)Cc2ccc(C#N)cc2[C@H]1c1ccccc1. The Labute approximate surface area is 176 Å². The maximum Gasteiger partial charge on any atom is 0.264 e. The summed E-state index contributed by atoms with van der Waals surface area (Å²) >= 11 is 0. The summed E-state index contributed by atoms with van der Waals surface area (Å²) in [6.07, 6.45) is 0.379. The molecule has 150 valence electrons. The minimum atomic E-state index is -3.99. The molecule has 1 aliphatic carbocycles. The number of rotatable bonds is 4. The van der Waals surface area contributed by atoms with Crippen LogP contribution in [0.5, 0.6) is 0 Å². The predicted octanol–water partition coefficient (Wildman–Crippen LogP) is 3.76. The molecule has 0 aromatic heterocycles. The summed E-state index contributed by atoms with van der Waals surface area (Å²) in [6, 6.07) is 24.9. The van der Waals surface area contributed by atoms with Gasteiger partial charge in [0.2, 0.25) is 5.91 Å². The number of sulfonamides is 1. The normalized spacial score (nSPS) is 20.2. The van der Waals surface area contributed by atoms with E-state index in [-0.39, 0.29) is 10.8 Å². The van der Waals surface area contributed by atoms with Gasteiger partial charge in [0.25, 0.3) is 10.0 Å². The van der Waals surface area contributed by atoms with E-state index in [0.717, 1.165) is 16.7 Å². The number of amides is 1. The van der Waals surface area contributed by atoms with Gasteiger partial charge in [-0.1, -0.05) is 54.6 Å². The second-order valence-corrected chi connectivity index (χ2v) is 9.39. The summed E-state index contributed by atoms with van der Waals surface area (Å²) in [4.78, 5) is 13.4. The van der Waals surface area contributed by atoms with Gasteiger partial charge in [-0.3, -0.25) is 4.79 Å². The third-order valence-electron chi connectivity index (χ3n) is 5.71. The largest absolute Gasteiger partial charge is 0.273 e. The molecule has 0 spiro atoms. The van der Waals surface area contributed by atoms with Crippen LogP contribution in [0, 0.1) is 16.7 Å². The Morgan fingerprint density at radius 3 is 2.30 bits per heavy atom. The monoisotopic (exact) mass is 416 g/mol. The molecule has 0 fully saturated rings. The number of hydrogen-bond donors (Lipinski definition) is 1. The first-order valence-electron chi connectivity index (χ1n) is 9.55. The molecule has 1 amide bonds. The standard InChI is InChI=1S/C24H20N2O3S/c1-24(23(27)26-30(28,29)20-10-6-3-7-11-20)15-19-13-12-17(16-25)14-21(19)22(24)18-8-4-2-5-9-18/h2-14,22H,15H2,1H3,(H,26,27)/t22-,24+/m1/s1. The Balaban J connectivity index is 1.77. The minimum Gasteiger partial charge on any atom is -0.273 e. The number of carbonyl (C=O) groups excluding carboxylic acids is 1. The Hall–Kier alpha value is -3.43. The van der Waals surface area contributed by atoms with E-state index in [1.807, 2.05) is 36.4 Å². The minimum absolute atomic E-state index is 0.0421. The van der Waals surface area contributed by atoms with Crippen LogP contribution in [-0.4, -0.2) is 14.3 Å². The van der Waals surface area contributed by atoms with Crippen molar-refractivity contribution in [3.8, 4) is 6.07 Å². The van der Waals surface area contributed by atoms with Crippen molar-refractivity contribution in [2.45, 2.75) is 24.2 Å². The number of hydrogen-bond acceptors (Lipinski definition) is 4. The summed E-state index contributed by atoms with van der Waals surface area (Å²) in [7, 11) is -3.99. The maximum atomic E-state index is 13.4. The molecule has 0 aliphatic heterocycles. The molecule has 0 saturated heterocycles. The quantitative estimate of drug-likeness (QED) is 0.702. The van der Waals surface area contributed by atoms with Crippen molar-refractivity contribution in [3.63, 3.8) is 0 Å². The topological polar surface area (TPSA) is 87.0 Å². The van der Waals surface area contributed by atoms with E-state index in [1.165, 1.54) is 12.1 Å². The average molecular weight is 417 g/mol. The van der Waals surface area contributed by atoms with Crippen LogP contribution in [0.25, 0.3) is 0 Å². The van der Waals surface area contributed by atoms with Crippen LogP contribution < -0.4 is 4.72 Å². The van der Waals surface area contributed by atoms with Crippen molar-refractivity contribution in [3.05, 3.63) is 101 Å². The van der Waals surface area contributed by atoms with Gasteiger partial charge < -0.3 is 0 Å². The van der Waals surface area contributed by atoms with E-state index in [1.54, 1.807) is 37.3 Å². The molecule has 3 aromatic rings. The molecule has 6 heteroatoms. The van der Waals surface area contributed by atoms with Crippen molar-refractivity contribution < 1.29 is 13.2 Å². The first kappa shape index (κ1) is 19.9. The van der Waals surface area contributed by atoms with Gasteiger partial charge in [-0.05, 0) is 54.3 Å². The molecule has 1 N–H and O–H groups in total. The zero-order chi connectivity index (χ0) is 21.4. The molecule has 1 aliphatic rings. The smallest absolute Gasteiger partial charge is 0.264 e. The molecule has 5 nitrogen and oxygen atoms in total. The van der Waals surface area contributed by atoms with Gasteiger partial charge in [-0.2, -0.15) is 5.26 Å². The molecule has 30 heavy (non-hydrogen) atoms. The summed E-state index contributed by atoms with van der Waals surface area (Å²) in [5, 5.41) is 9.34. The number of fused-ring (bicyclic) bond motifs is 1. The predicted molar refractivity (Wildman–Crippen MR) is 113 cm³/mol. The lowest BCUT2D eigenvalue weighted by molar-refractivity contribution is -0.128. The second-order valence-electron chi connectivity index (χ2n) is 7.71. The van der Waals surface area contributed by atoms with Crippen LogP contribution in [0.2, 0.25) is 0 Å². The molecule has 0 saturated carbocycles. The highest BCUT2D eigenvalue weighted by atomic mass is 32.2. The molecular weight excluding hydrogens is 396 g/mol. The number of nitrogens with one attached hydrogen (secondary N) is 1. The van der Waals surface area contributed by atoms with E-state index in [4.69, 9.17) is 0 Å². The molecule has 4 rings (SSSR count). The van der Waals surface area contributed by atoms with Crippen LogP contribution in [-0.2, 0) is 21.2 Å². The zero-order valence-corrected chi connectivity index (χ0v) is 17.2. The van der Waals surface area contributed by atoms with E-state index >= 15 is 0 Å². The van der Waals surface area contributed by atoms with Crippen LogP contribution in [0.4, 0.5) is 0 Å².